The van der Waals surface area contributed by atoms with Crippen LogP contribution in [0.15, 0.2) is 47.4 Å². The minimum atomic E-state index is -0.863. The normalized spacial score (nSPS) is 16.8. The van der Waals surface area contributed by atoms with E-state index in [1.807, 2.05) is 43.5 Å². The van der Waals surface area contributed by atoms with E-state index in [1.165, 1.54) is 0 Å². The third kappa shape index (κ3) is 5.17. The molecule has 158 valence electrons. The summed E-state index contributed by atoms with van der Waals surface area (Å²) in [4.78, 5) is 24.5. The molecule has 30 heavy (non-hydrogen) atoms. The van der Waals surface area contributed by atoms with Gasteiger partial charge in [-0.15, -0.1) is 0 Å². The maximum atomic E-state index is 12.7. The monoisotopic (exact) mass is 406 g/mol. The number of nitriles is 1. The van der Waals surface area contributed by atoms with E-state index in [0.717, 1.165) is 42.4 Å². The molecule has 3 rings (SSSR count). The van der Waals surface area contributed by atoms with E-state index in [4.69, 9.17) is 5.73 Å². The summed E-state index contributed by atoms with van der Waals surface area (Å²) in [5.41, 5.74) is 8.41. The predicted octanol–water partition coefficient (Wildman–Crippen LogP) is 3.14. The number of nitrogens with one attached hydrogen (secondary N) is 1. The van der Waals surface area contributed by atoms with Crippen LogP contribution < -0.4 is 16.6 Å². The van der Waals surface area contributed by atoms with E-state index in [9.17, 15) is 14.9 Å². The zero-order valence-corrected chi connectivity index (χ0v) is 17.6. The summed E-state index contributed by atoms with van der Waals surface area (Å²) in [6, 6.07) is 12.8. The molecule has 0 spiro atoms. The van der Waals surface area contributed by atoms with Crippen molar-refractivity contribution >= 4 is 5.91 Å². The molecule has 1 aliphatic carbocycles. The molecule has 0 radical (unpaired) electrons. The van der Waals surface area contributed by atoms with Gasteiger partial charge in [0.05, 0.1) is 11.6 Å². The number of aromatic nitrogens is 1. The molecule has 2 aromatic rings. The van der Waals surface area contributed by atoms with Gasteiger partial charge in [0.2, 0.25) is 5.91 Å². The number of hydrogen-bond donors (Lipinski definition) is 2. The largest absolute Gasteiger partial charge is 0.338 e. The van der Waals surface area contributed by atoms with Crippen LogP contribution in [0.3, 0.4) is 0 Å². The van der Waals surface area contributed by atoms with Gasteiger partial charge in [-0.25, -0.2) is 0 Å². The lowest BCUT2D eigenvalue weighted by atomic mass is 9.90. The fourth-order valence-electron chi connectivity index (χ4n) is 4.04. The number of amides is 1. The van der Waals surface area contributed by atoms with Crippen molar-refractivity contribution < 1.29 is 4.79 Å². The van der Waals surface area contributed by atoms with Crippen molar-refractivity contribution in [3.63, 3.8) is 0 Å². The molecule has 1 atom stereocenters. The second kappa shape index (κ2) is 9.73. The van der Waals surface area contributed by atoms with Crippen molar-refractivity contribution in [2.45, 2.75) is 70.0 Å². The molecular formula is C24H30N4O2. The molecular weight excluding hydrogens is 376 g/mol. The summed E-state index contributed by atoms with van der Waals surface area (Å²) < 4.78 is 1.67. The lowest BCUT2D eigenvalue weighted by Gasteiger charge is -2.28. The van der Waals surface area contributed by atoms with Crippen LogP contribution in [0.25, 0.3) is 11.1 Å². The van der Waals surface area contributed by atoms with Crippen molar-refractivity contribution in [3.8, 4) is 17.2 Å². The van der Waals surface area contributed by atoms with E-state index in [1.54, 1.807) is 10.6 Å². The molecule has 1 saturated carbocycles. The topological polar surface area (TPSA) is 101 Å². The van der Waals surface area contributed by atoms with Gasteiger partial charge in [-0.3, -0.25) is 9.59 Å². The van der Waals surface area contributed by atoms with E-state index in [0.29, 0.717) is 25.8 Å². The van der Waals surface area contributed by atoms with Crippen molar-refractivity contribution in [1.82, 2.24) is 9.88 Å². The molecule has 1 fully saturated rings. The first-order valence-electron chi connectivity index (χ1n) is 10.7. The molecule has 1 amide bonds. The van der Waals surface area contributed by atoms with Gasteiger partial charge in [-0.05, 0) is 42.5 Å². The standard InChI is InChI=1S/C24H30N4O2/c1-2-28-17-20(11-12-22(28)29)19-9-7-18(8-10-19)15-21(16-25)27-23(30)24(26)13-5-3-4-6-14-24/h7-12,17,21H,2-6,13-15,26H2,1H3,(H,27,30). The fraction of sp³-hybridized carbons (Fsp3) is 0.458. The number of carbonyl (C=O) groups is 1. The van der Waals surface area contributed by atoms with Crippen LogP contribution >= 0.6 is 0 Å². The van der Waals surface area contributed by atoms with Gasteiger partial charge in [-0.1, -0.05) is 49.9 Å². The predicted molar refractivity (Wildman–Crippen MR) is 118 cm³/mol. The molecule has 1 heterocycles. The van der Waals surface area contributed by atoms with E-state index in [2.05, 4.69) is 11.4 Å². The molecule has 0 aliphatic heterocycles. The Bertz CT molecular complexity index is 964. The van der Waals surface area contributed by atoms with Gasteiger partial charge in [0.25, 0.3) is 5.56 Å². The van der Waals surface area contributed by atoms with Crippen LogP contribution in [0.5, 0.6) is 0 Å². The molecule has 6 heteroatoms. The van der Waals surface area contributed by atoms with Crippen LogP contribution in [0.4, 0.5) is 0 Å². The maximum Gasteiger partial charge on any atom is 0.250 e. The van der Waals surface area contributed by atoms with Gasteiger partial charge >= 0.3 is 0 Å². The Labute approximate surface area is 177 Å². The van der Waals surface area contributed by atoms with Gasteiger partial charge in [0.1, 0.15) is 6.04 Å². The van der Waals surface area contributed by atoms with E-state index < -0.39 is 11.6 Å². The fourth-order valence-corrected chi connectivity index (χ4v) is 4.04. The lowest BCUT2D eigenvalue weighted by Crippen LogP contribution is -2.56. The Balaban J connectivity index is 1.67. The van der Waals surface area contributed by atoms with Gasteiger partial charge in [0.15, 0.2) is 0 Å². The average molecular weight is 407 g/mol. The van der Waals surface area contributed by atoms with E-state index >= 15 is 0 Å². The Morgan fingerprint density at radius 3 is 2.37 bits per heavy atom. The molecule has 0 bridgehead atoms. The zero-order chi connectivity index (χ0) is 21.6. The zero-order valence-electron chi connectivity index (χ0n) is 17.6. The number of hydrogen-bond acceptors (Lipinski definition) is 4. The second-order valence-corrected chi connectivity index (χ2v) is 8.17. The molecule has 6 nitrogen and oxygen atoms in total. The van der Waals surface area contributed by atoms with Crippen molar-refractivity contribution in [3.05, 3.63) is 58.5 Å². The summed E-state index contributed by atoms with van der Waals surface area (Å²) >= 11 is 0. The smallest absolute Gasteiger partial charge is 0.250 e. The second-order valence-electron chi connectivity index (χ2n) is 8.17. The number of nitrogens with zero attached hydrogens (tertiary/aromatic N) is 2. The molecule has 0 saturated heterocycles. The first kappa shape index (κ1) is 21.8. The van der Waals surface area contributed by atoms with Gasteiger partial charge < -0.3 is 15.6 Å². The molecule has 1 aromatic carbocycles. The summed E-state index contributed by atoms with van der Waals surface area (Å²) in [5, 5.41) is 12.4. The number of benzene rings is 1. The molecule has 1 unspecified atom stereocenters. The lowest BCUT2D eigenvalue weighted by molar-refractivity contribution is -0.127. The highest BCUT2D eigenvalue weighted by Gasteiger charge is 2.35. The van der Waals surface area contributed by atoms with Gasteiger partial charge in [0, 0.05) is 25.2 Å². The van der Waals surface area contributed by atoms with Crippen molar-refractivity contribution in [1.29, 1.82) is 5.26 Å². The summed E-state index contributed by atoms with van der Waals surface area (Å²) in [6.45, 7) is 2.56. The number of carbonyl (C=O) groups excluding carboxylic acids is 1. The molecule has 1 aromatic heterocycles. The number of rotatable bonds is 6. The maximum absolute atomic E-state index is 12.7. The highest BCUT2D eigenvalue weighted by Crippen LogP contribution is 2.25. The first-order chi connectivity index (χ1) is 14.4. The van der Waals surface area contributed by atoms with Crippen molar-refractivity contribution in [2.75, 3.05) is 0 Å². The third-order valence-electron chi connectivity index (χ3n) is 5.96. The van der Waals surface area contributed by atoms with Crippen molar-refractivity contribution in [2.24, 2.45) is 5.73 Å². The highest BCUT2D eigenvalue weighted by atomic mass is 16.2. The Hall–Kier alpha value is -2.91. The average Bonchev–Trinajstić information content (AvgIpc) is 2.99. The highest BCUT2D eigenvalue weighted by molar-refractivity contribution is 5.86. The van der Waals surface area contributed by atoms with Crippen LogP contribution in [0, 0.1) is 11.3 Å². The third-order valence-corrected chi connectivity index (χ3v) is 5.96. The Kier molecular flexibility index (Phi) is 7.07. The van der Waals surface area contributed by atoms with Crippen LogP contribution in [0.1, 0.15) is 51.0 Å². The van der Waals surface area contributed by atoms with Gasteiger partial charge in [-0.2, -0.15) is 5.26 Å². The minimum absolute atomic E-state index is 0.0168. The van der Waals surface area contributed by atoms with Crippen LogP contribution in [-0.4, -0.2) is 22.1 Å². The first-order valence-corrected chi connectivity index (χ1v) is 10.7. The molecule has 3 N–H and O–H groups in total. The Morgan fingerprint density at radius 1 is 1.13 bits per heavy atom. The van der Waals surface area contributed by atoms with Crippen LogP contribution in [0.2, 0.25) is 0 Å². The quantitative estimate of drug-likeness (QED) is 0.720. The van der Waals surface area contributed by atoms with Crippen LogP contribution in [-0.2, 0) is 17.8 Å². The van der Waals surface area contributed by atoms with E-state index in [-0.39, 0.29) is 11.5 Å². The summed E-state index contributed by atoms with van der Waals surface area (Å²) in [7, 11) is 0. The number of nitrogens with two attached hydrogens (primary N) is 1. The minimum Gasteiger partial charge on any atom is -0.338 e. The Morgan fingerprint density at radius 2 is 1.77 bits per heavy atom. The molecule has 1 aliphatic rings. The summed E-state index contributed by atoms with van der Waals surface area (Å²) in [5.74, 6) is -0.214. The number of pyridine rings is 1. The summed E-state index contributed by atoms with van der Waals surface area (Å²) in [6.07, 6.45) is 7.74. The number of aryl methyl sites for hydroxylation is 1. The SMILES string of the molecule is CCn1cc(-c2ccc(CC(C#N)NC(=O)C3(N)CCCCCC3)cc2)ccc1=O.